The maximum atomic E-state index is 12.5. The summed E-state index contributed by atoms with van der Waals surface area (Å²) in [6.45, 7) is 7.09. The second-order valence-electron chi connectivity index (χ2n) is 7.81. The number of carbonyl (C=O) groups excluding carboxylic acids is 3. The molecular weight excluding hydrogens is 356 g/mol. The fraction of sp³-hybridized carbons (Fsp3) is 0.591. The Hall–Kier alpha value is -2.37. The van der Waals surface area contributed by atoms with Crippen LogP contribution in [0, 0.1) is 17.8 Å². The van der Waals surface area contributed by atoms with Gasteiger partial charge in [-0.2, -0.15) is 0 Å². The standard InChI is InChI=1S/C22H32N2O4/c1-4-28-22(27)18-9-11-19(12-10-18)24-21(26)17-7-5-16(6-8-17)20(25)23-14-13-15(2)3/h9-12,15-17H,4-8,13-14H2,1-3H3,(H,23,25)(H,24,26). The van der Waals surface area contributed by atoms with Gasteiger partial charge in [-0.1, -0.05) is 13.8 Å². The molecule has 2 N–H and O–H groups in total. The fourth-order valence-electron chi connectivity index (χ4n) is 3.39. The van der Waals surface area contributed by atoms with Crippen molar-refractivity contribution in [1.29, 1.82) is 0 Å². The maximum Gasteiger partial charge on any atom is 0.338 e. The van der Waals surface area contributed by atoms with Crippen molar-refractivity contribution in [3.8, 4) is 0 Å². The van der Waals surface area contributed by atoms with Gasteiger partial charge in [0, 0.05) is 24.1 Å². The molecular formula is C22H32N2O4. The Morgan fingerprint density at radius 1 is 1.00 bits per heavy atom. The molecule has 2 rings (SSSR count). The van der Waals surface area contributed by atoms with E-state index < -0.39 is 0 Å². The monoisotopic (exact) mass is 388 g/mol. The van der Waals surface area contributed by atoms with Crippen molar-refractivity contribution >= 4 is 23.5 Å². The van der Waals surface area contributed by atoms with Crippen molar-refractivity contribution in [3.63, 3.8) is 0 Å². The molecule has 1 aliphatic rings. The summed E-state index contributed by atoms with van der Waals surface area (Å²) in [7, 11) is 0. The van der Waals surface area contributed by atoms with E-state index in [0.717, 1.165) is 38.6 Å². The van der Waals surface area contributed by atoms with Gasteiger partial charge in [0.05, 0.1) is 12.2 Å². The number of rotatable bonds is 8. The number of esters is 1. The van der Waals surface area contributed by atoms with Crippen LogP contribution in [0.4, 0.5) is 5.69 Å². The van der Waals surface area contributed by atoms with Gasteiger partial charge in [-0.3, -0.25) is 9.59 Å². The predicted octanol–water partition coefficient (Wildman–Crippen LogP) is 3.77. The van der Waals surface area contributed by atoms with Crippen molar-refractivity contribution < 1.29 is 19.1 Å². The number of benzene rings is 1. The molecule has 6 nitrogen and oxygen atoms in total. The lowest BCUT2D eigenvalue weighted by Gasteiger charge is -2.27. The molecule has 0 unspecified atom stereocenters. The minimum absolute atomic E-state index is 0.0140. The third-order valence-electron chi connectivity index (χ3n) is 5.15. The van der Waals surface area contributed by atoms with E-state index in [1.165, 1.54) is 0 Å². The van der Waals surface area contributed by atoms with Crippen molar-refractivity contribution in [2.75, 3.05) is 18.5 Å². The normalized spacial score (nSPS) is 19.1. The lowest BCUT2D eigenvalue weighted by molar-refractivity contribution is -0.128. The van der Waals surface area contributed by atoms with Crippen LogP contribution in [0.5, 0.6) is 0 Å². The molecule has 0 atom stereocenters. The summed E-state index contributed by atoms with van der Waals surface area (Å²) in [4.78, 5) is 36.4. The van der Waals surface area contributed by atoms with Gasteiger partial charge >= 0.3 is 5.97 Å². The van der Waals surface area contributed by atoms with Gasteiger partial charge in [0.25, 0.3) is 0 Å². The average molecular weight is 389 g/mol. The van der Waals surface area contributed by atoms with E-state index in [0.29, 0.717) is 23.8 Å². The minimum atomic E-state index is -0.370. The van der Waals surface area contributed by atoms with Crippen LogP contribution in [0.25, 0.3) is 0 Å². The van der Waals surface area contributed by atoms with Gasteiger partial charge in [-0.05, 0) is 69.2 Å². The maximum absolute atomic E-state index is 12.5. The van der Waals surface area contributed by atoms with Gasteiger partial charge in [-0.15, -0.1) is 0 Å². The number of hydrogen-bond donors (Lipinski definition) is 2. The van der Waals surface area contributed by atoms with Crippen LogP contribution in [0.1, 0.15) is 63.2 Å². The van der Waals surface area contributed by atoms with Crippen LogP contribution in [-0.2, 0) is 14.3 Å². The average Bonchev–Trinajstić information content (AvgIpc) is 2.68. The van der Waals surface area contributed by atoms with Crippen LogP contribution < -0.4 is 10.6 Å². The highest BCUT2D eigenvalue weighted by Crippen LogP contribution is 2.30. The third-order valence-corrected chi connectivity index (χ3v) is 5.15. The molecule has 0 radical (unpaired) electrons. The molecule has 1 fully saturated rings. The summed E-state index contributed by atoms with van der Waals surface area (Å²) >= 11 is 0. The van der Waals surface area contributed by atoms with Crippen molar-refractivity contribution in [1.82, 2.24) is 5.32 Å². The Morgan fingerprint density at radius 2 is 1.57 bits per heavy atom. The number of anilines is 1. The lowest BCUT2D eigenvalue weighted by atomic mass is 9.81. The first-order valence-electron chi connectivity index (χ1n) is 10.3. The number of nitrogens with one attached hydrogen (secondary N) is 2. The molecule has 0 aliphatic heterocycles. The van der Waals surface area contributed by atoms with Crippen molar-refractivity contribution in [3.05, 3.63) is 29.8 Å². The van der Waals surface area contributed by atoms with E-state index in [2.05, 4.69) is 24.5 Å². The molecule has 6 heteroatoms. The highest BCUT2D eigenvalue weighted by atomic mass is 16.5. The Bertz CT molecular complexity index is 662. The van der Waals surface area contributed by atoms with Crippen LogP contribution in [0.3, 0.4) is 0 Å². The molecule has 0 saturated heterocycles. The van der Waals surface area contributed by atoms with Crippen LogP contribution in [-0.4, -0.2) is 30.9 Å². The second kappa shape index (κ2) is 10.8. The highest BCUT2D eigenvalue weighted by molar-refractivity contribution is 5.94. The topological polar surface area (TPSA) is 84.5 Å². The summed E-state index contributed by atoms with van der Waals surface area (Å²) in [6, 6.07) is 6.70. The molecule has 28 heavy (non-hydrogen) atoms. The van der Waals surface area contributed by atoms with Crippen molar-refractivity contribution in [2.24, 2.45) is 17.8 Å². The Balaban J connectivity index is 1.77. The van der Waals surface area contributed by atoms with Gasteiger partial charge in [0.2, 0.25) is 11.8 Å². The lowest BCUT2D eigenvalue weighted by Crippen LogP contribution is -2.36. The second-order valence-corrected chi connectivity index (χ2v) is 7.81. The fourth-order valence-corrected chi connectivity index (χ4v) is 3.39. The SMILES string of the molecule is CCOC(=O)c1ccc(NC(=O)C2CCC(C(=O)NCCC(C)C)CC2)cc1. The largest absolute Gasteiger partial charge is 0.462 e. The summed E-state index contributed by atoms with van der Waals surface area (Å²) in [5.74, 6) is 0.234. The zero-order valence-corrected chi connectivity index (χ0v) is 17.1. The van der Waals surface area contributed by atoms with E-state index in [1.807, 2.05) is 0 Å². The molecule has 0 spiro atoms. The first-order chi connectivity index (χ1) is 13.4. The highest BCUT2D eigenvalue weighted by Gasteiger charge is 2.29. The first kappa shape index (κ1) is 21.9. The van der Waals surface area contributed by atoms with E-state index >= 15 is 0 Å². The number of amides is 2. The molecule has 1 saturated carbocycles. The summed E-state index contributed by atoms with van der Waals surface area (Å²) in [6.07, 6.45) is 3.91. The molecule has 1 aliphatic carbocycles. The van der Waals surface area contributed by atoms with Gasteiger partial charge in [0.15, 0.2) is 0 Å². The summed E-state index contributed by atoms with van der Waals surface area (Å²) < 4.78 is 4.95. The van der Waals surface area contributed by atoms with E-state index in [1.54, 1.807) is 31.2 Å². The van der Waals surface area contributed by atoms with E-state index in [4.69, 9.17) is 4.74 Å². The molecule has 0 aromatic heterocycles. The van der Waals surface area contributed by atoms with Gasteiger partial charge in [0.1, 0.15) is 0 Å². The number of hydrogen-bond acceptors (Lipinski definition) is 4. The van der Waals surface area contributed by atoms with E-state index in [9.17, 15) is 14.4 Å². The smallest absolute Gasteiger partial charge is 0.338 e. The first-order valence-corrected chi connectivity index (χ1v) is 10.3. The minimum Gasteiger partial charge on any atom is -0.462 e. The Morgan fingerprint density at radius 3 is 2.11 bits per heavy atom. The Labute approximate surface area is 167 Å². The predicted molar refractivity (Wildman–Crippen MR) is 109 cm³/mol. The summed E-state index contributed by atoms with van der Waals surface area (Å²) in [5.41, 5.74) is 1.12. The quantitative estimate of drug-likeness (QED) is 0.664. The number of ether oxygens (including phenoxy) is 1. The summed E-state index contributed by atoms with van der Waals surface area (Å²) in [5, 5.41) is 5.92. The Kier molecular flexibility index (Phi) is 8.48. The molecule has 1 aromatic rings. The van der Waals surface area contributed by atoms with Crippen LogP contribution in [0.2, 0.25) is 0 Å². The van der Waals surface area contributed by atoms with Crippen LogP contribution >= 0.6 is 0 Å². The van der Waals surface area contributed by atoms with Crippen LogP contribution in [0.15, 0.2) is 24.3 Å². The van der Waals surface area contributed by atoms with E-state index in [-0.39, 0.29) is 29.6 Å². The van der Waals surface area contributed by atoms with Gasteiger partial charge in [-0.25, -0.2) is 4.79 Å². The van der Waals surface area contributed by atoms with Crippen molar-refractivity contribution in [2.45, 2.75) is 52.9 Å². The molecule has 0 heterocycles. The molecule has 154 valence electrons. The molecule has 0 bridgehead atoms. The third kappa shape index (κ3) is 6.66. The zero-order chi connectivity index (χ0) is 20.5. The molecule has 1 aromatic carbocycles. The van der Waals surface area contributed by atoms with Gasteiger partial charge < -0.3 is 15.4 Å². The number of carbonyl (C=O) groups is 3. The zero-order valence-electron chi connectivity index (χ0n) is 17.1. The molecule has 2 amide bonds.